The quantitative estimate of drug-likeness (QED) is 0.377. The molecule has 3 aliphatic rings. The van der Waals surface area contributed by atoms with E-state index in [4.69, 9.17) is 34.7 Å². The molecule has 2 N–H and O–H groups in total. The van der Waals surface area contributed by atoms with Gasteiger partial charge in [-0.25, -0.2) is 4.79 Å². The monoisotopic (exact) mass is 663 g/mol. The number of aryl methyl sites for hydroxylation is 1. The molecule has 2 saturated heterocycles. The van der Waals surface area contributed by atoms with Crippen LogP contribution < -0.4 is 15.4 Å². The van der Waals surface area contributed by atoms with E-state index in [9.17, 15) is 10.1 Å². The Hall–Kier alpha value is -3.96. The van der Waals surface area contributed by atoms with Crippen molar-refractivity contribution in [3.05, 3.63) is 28.0 Å². The smallest absolute Gasteiger partial charge is 0.410 e. The predicted octanol–water partition coefficient (Wildman–Crippen LogP) is 4.99. The molecule has 1 aliphatic carbocycles. The van der Waals surface area contributed by atoms with Gasteiger partial charge in [-0.2, -0.15) is 20.2 Å². The van der Waals surface area contributed by atoms with Gasteiger partial charge in [0.25, 0.3) is 0 Å². The maximum absolute atomic E-state index is 12.8. The molecule has 0 saturated carbocycles. The predicted molar refractivity (Wildman–Crippen MR) is 179 cm³/mol. The Bertz CT molecular complexity index is 1660. The molecule has 2 aliphatic heterocycles. The molecule has 47 heavy (non-hydrogen) atoms. The van der Waals surface area contributed by atoms with E-state index >= 15 is 0 Å². The van der Waals surface area contributed by atoms with E-state index in [0.29, 0.717) is 60.0 Å². The van der Waals surface area contributed by atoms with Crippen molar-refractivity contribution in [2.24, 2.45) is 0 Å². The third-order valence-electron chi connectivity index (χ3n) is 9.45. The minimum atomic E-state index is -0.648. The summed E-state index contributed by atoms with van der Waals surface area (Å²) in [6.45, 7) is 13.1. The van der Waals surface area contributed by atoms with Crippen LogP contribution in [0.2, 0.25) is 0 Å². The van der Waals surface area contributed by atoms with Gasteiger partial charge in [0.1, 0.15) is 34.3 Å². The number of nitriles is 1. The number of nitrogens with zero attached hydrogens (tertiary/aromatic N) is 8. The van der Waals surface area contributed by atoms with Crippen molar-refractivity contribution in [2.75, 3.05) is 50.4 Å². The summed E-state index contributed by atoms with van der Waals surface area (Å²) in [5.41, 5.74) is 6.91. The molecule has 3 atom stereocenters. The summed E-state index contributed by atoms with van der Waals surface area (Å²) < 4.78 is 18.0. The highest BCUT2D eigenvalue weighted by Gasteiger charge is 2.43. The summed E-state index contributed by atoms with van der Waals surface area (Å²) in [5.74, 6) is 1.41. The third-order valence-corrected chi connectivity index (χ3v) is 10.5. The number of likely N-dealkylation sites (N-methyl/N-ethyl adjacent to an activating group) is 1. The average Bonchev–Trinajstić information content (AvgIpc) is 3.71. The van der Waals surface area contributed by atoms with Crippen LogP contribution in [-0.4, -0.2) is 93.5 Å². The van der Waals surface area contributed by atoms with Crippen LogP contribution in [0, 0.1) is 11.3 Å². The summed E-state index contributed by atoms with van der Waals surface area (Å²) in [7, 11) is 2.12. The molecule has 1 amide bonds. The lowest BCUT2D eigenvalue weighted by atomic mass is 9.72. The lowest BCUT2D eigenvalue weighted by Gasteiger charge is -2.30. The molecule has 3 aromatic heterocycles. The van der Waals surface area contributed by atoms with Crippen molar-refractivity contribution in [3.8, 4) is 23.6 Å². The van der Waals surface area contributed by atoms with Gasteiger partial charge in [-0.15, -0.1) is 11.3 Å². The van der Waals surface area contributed by atoms with Crippen molar-refractivity contribution in [2.45, 2.75) is 96.3 Å². The number of rotatable bonds is 6. The average molecular weight is 664 g/mol. The van der Waals surface area contributed by atoms with Gasteiger partial charge in [0.2, 0.25) is 11.7 Å². The van der Waals surface area contributed by atoms with Crippen LogP contribution in [0.15, 0.2) is 10.6 Å². The van der Waals surface area contributed by atoms with E-state index in [-0.39, 0.29) is 24.2 Å². The van der Waals surface area contributed by atoms with Gasteiger partial charge < -0.3 is 29.5 Å². The molecule has 13 nitrogen and oxygen atoms in total. The van der Waals surface area contributed by atoms with Gasteiger partial charge in [-0.05, 0) is 86.7 Å². The molecule has 5 heterocycles. The molecular weight excluding hydrogens is 618 g/mol. The maximum atomic E-state index is 12.8. The third kappa shape index (κ3) is 6.73. The van der Waals surface area contributed by atoms with Gasteiger partial charge in [0.05, 0.1) is 11.0 Å². The van der Waals surface area contributed by atoms with E-state index in [0.717, 1.165) is 55.5 Å². The number of carbonyl (C=O) groups excluding carboxylic acids is 1. The molecule has 252 valence electrons. The summed E-state index contributed by atoms with van der Waals surface area (Å²) in [5, 5.41) is 14.8. The van der Waals surface area contributed by atoms with Crippen LogP contribution in [0.25, 0.3) is 11.5 Å². The zero-order chi connectivity index (χ0) is 33.5. The van der Waals surface area contributed by atoms with Gasteiger partial charge in [0, 0.05) is 48.7 Å². The zero-order valence-corrected chi connectivity index (χ0v) is 29.0. The number of hydrogen-bond donors (Lipinski definition) is 1. The van der Waals surface area contributed by atoms with E-state index in [1.54, 1.807) is 4.90 Å². The molecule has 2 fully saturated rings. The summed E-state index contributed by atoms with van der Waals surface area (Å²) >= 11 is 1.47. The molecule has 0 unspecified atom stereocenters. The van der Waals surface area contributed by atoms with Crippen molar-refractivity contribution in [1.29, 1.82) is 5.26 Å². The number of anilines is 2. The van der Waals surface area contributed by atoms with Crippen LogP contribution >= 0.6 is 11.3 Å². The first-order valence-corrected chi connectivity index (χ1v) is 17.3. The Morgan fingerprint density at radius 1 is 1.17 bits per heavy atom. The summed E-state index contributed by atoms with van der Waals surface area (Å²) in [6, 6.07) is 4.67. The largest absolute Gasteiger partial charge is 0.459 e. The zero-order valence-electron chi connectivity index (χ0n) is 28.2. The number of fused-ring (bicyclic) bond motifs is 1. The Labute approximate surface area is 280 Å². The maximum Gasteiger partial charge on any atom is 0.410 e. The fourth-order valence-corrected chi connectivity index (χ4v) is 8.22. The highest BCUT2D eigenvalue weighted by Crippen LogP contribution is 2.48. The second-order valence-electron chi connectivity index (χ2n) is 14.1. The number of nitrogen functional groups attached to an aromatic ring is 1. The Morgan fingerprint density at radius 2 is 1.98 bits per heavy atom. The molecular formula is C33H45N9O4S. The second kappa shape index (κ2) is 12.9. The summed E-state index contributed by atoms with van der Waals surface area (Å²) in [4.78, 5) is 34.7. The van der Waals surface area contributed by atoms with Crippen LogP contribution in [0.4, 0.5) is 15.6 Å². The Balaban J connectivity index is 1.32. The number of likely N-dealkylation sites (tertiary alicyclic amines) is 1. The standard InChI is InChI=1S/C33H45N9O4S/c1-20(23-10-8-13-40(23)6)44-30-36-22(18-25(37-30)41-14-9-15-42(17-16-41)31(43)45-32(2,3)4)28-38-29(46-39-28)33(5)12-7-11-24-26(33)21(19-34)27(35)47-24/h18,20,23H,7-17,35H2,1-6H3/t20-,23-,33-/m0/s1. The molecule has 0 bridgehead atoms. The highest BCUT2D eigenvalue weighted by molar-refractivity contribution is 7.16. The fourth-order valence-electron chi connectivity index (χ4n) is 7.03. The number of aromatic nitrogens is 4. The van der Waals surface area contributed by atoms with Gasteiger partial charge in [0.15, 0.2) is 0 Å². The van der Waals surface area contributed by atoms with Crippen molar-refractivity contribution >= 4 is 28.2 Å². The lowest BCUT2D eigenvalue weighted by molar-refractivity contribution is 0.0263. The highest BCUT2D eigenvalue weighted by atomic mass is 32.1. The molecule has 0 aromatic carbocycles. The van der Waals surface area contributed by atoms with E-state index < -0.39 is 11.0 Å². The van der Waals surface area contributed by atoms with Gasteiger partial charge >= 0.3 is 12.1 Å². The number of amides is 1. The van der Waals surface area contributed by atoms with Crippen molar-refractivity contribution in [3.63, 3.8) is 0 Å². The first-order valence-electron chi connectivity index (χ1n) is 16.5. The molecule has 6 rings (SSSR count). The van der Waals surface area contributed by atoms with Gasteiger partial charge in [-0.1, -0.05) is 5.16 Å². The molecule has 3 aromatic rings. The number of carbonyl (C=O) groups is 1. The Kier molecular flexibility index (Phi) is 9.06. The topological polar surface area (TPSA) is 160 Å². The minimum absolute atomic E-state index is 0.133. The fraction of sp³-hybridized carbons (Fsp3) is 0.636. The molecule has 0 radical (unpaired) electrons. The SMILES string of the molecule is C[C@H](Oc1nc(-c2noc([C@@]3(C)CCCc4sc(N)c(C#N)c43)n2)cc(N2CCCN(C(=O)OC(C)(C)C)CC2)n1)[C@@H]1CCCN1C. The first kappa shape index (κ1) is 33.0. The van der Waals surface area contributed by atoms with Crippen LogP contribution in [0.5, 0.6) is 6.01 Å². The first-order chi connectivity index (χ1) is 22.4. The minimum Gasteiger partial charge on any atom is -0.459 e. The van der Waals surface area contributed by atoms with E-state index in [1.165, 1.54) is 11.3 Å². The van der Waals surface area contributed by atoms with Crippen molar-refractivity contribution < 1.29 is 18.8 Å². The number of thiophene rings is 1. The molecule has 0 spiro atoms. The van der Waals surface area contributed by atoms with E-state index in [1.807, 2.05) is 33.8 Å². The Morgan fingerprint density at radius 3 is 2.70 bits per heavy atom. The summed E-state index contributed by atoms with van der Waals surface area (Å²) in [6.07, 6.45) is 5.01. The normalized spacial score (nSPS) is 22.8. The number of hydrogen-bond acceptors (Lipinski definition) is 13. The number of ether oxygens (including phenoxy) is 2. The van der Waals surface area contributed by atoms with Crippen LogP contribution in [0.3, 0.4) is 0 Å². The number of nitrogens with two attached hydrogens (primary N) is 1. The lowest BCUT2D eigenvalue weighted by Crippen LogP contribution is -2.39. The second-order valence-corrected chi connectivity index (χ2v) is 15.2. The van der Waals surface area contributed by atoms with E-state index in [2.05, 4.69) is 35.0 Å². The van der Waals surface area contributed by atoms with Crippen molar-refractivity contribution in [1.82, 2.24) is 29.9 Å². The van der Waals surface area contributed by atoms with Gasteiger partial charge in [-0.3, -0.25) is 4.90 Å². The van der Waals surface area contributed by atoms with Crippen LogP contribution in [0.1, 0.15) is 88.6 Å². The molecule has 14 heteroatoms. The van der Waals surface area contributed by atoms with Crippen LogP contribution in [-0.2, 0) is 16.6 Å².